The van der Waals surface area contributed by atoms with E-state index in [0.29, 0.717) is 66.0 Å². The van der Waals surface area contributed by atoms with E-state index < -0.39 is 0 Å². The number of fused-ring (bicyclic) bond motifs is 1. The van der Waals surface area contributed by atoms with Gasteiger partial charge >= 0.3 is 0 Å². The topological polar surface area (TPSA) is 91.3 Å². The molecule has 33 heavy (non-hydrogen) atoms. The molecule has 178 valence electrons. The molecule has 2 heterocycles. The molecule has 1 unspecified atom stereocenters. The second kappa shape index (κ2) is 12.8. The van der Waals surface area contributed by atoms with Crippen molar-refractivity contribution in [2.45, 2.75) is 6.10 Å². The summed E-state index contributed by atoms with van der Waals surface area (Å²) in [5.41, 5.74) is 2.96. The predicted octanol–water partition coefficient (Wildman–Crippen LogP) is 3.55. The summed E-state index contributed by atoms with van der Waals surface area (Å²) in [6, 6.07) is 13.4. The van der Waals surface area contributed by atoms with Crippen LogP contribution in [0.3, 0.4) is 0 Å². The number of aromatic nitrogens is 1. The Balaban J connectivity index is 1.18. The Morgan fingerprint density at radius 2 is 1.73 bits per heavy atom. The third-order valence-corrected chi connectivity index (χ3v) is 6.08. The summed E-state index contributed by atoms with van der Waals surface area (Å²) in [4.78, 5) is 4.65. The lowest BCUT2D eigenvalue weighted by atomic mass is 10.2. The first-order valence-corrected chi connectivity index (χ1v) is 12.0. The van der Waals surface area contributed by atoms with E-state index in [1.165, 1.54) is 0 Å². The lowest BCUT2D eigenvalue weighted by molar-refractivity contribution is -0.0893. The van der Waals surface area contributed by atoms with E-state index in [1.807, 2.05) is 30.3 Å². The molecule has 0 aliphatic carbocycles. The van der Waals surface area contributed by atoms with Crippen molar-refractivity contribution in [3.05, 3.63) is 42.5 Å². The smallest absolute Gasteiger partial charge is 0.124 e. The number of hydrogen-bond acceptors (Lipinski definition) is 9. The van der Waals surface area contributed by atoms with Gasteiger partial charge < -0.3 is 34.1 Å². The van der Waals surface area contributed by atoms with Crippen molar-refractivity contribution in [3.63, 3.8) is 0 Å². The summed E-state index contributed by atoms with van der Waals surface area (Å²) in [6.07, 6.45) is -0.122. The zero-order valence-corrected chi connectivity index (χ0v) is 19.4. The average molecular weight is 475 g/mol. The molecular weight excluding hydrogens is 444 g/mol. The van der Waals surface area contributed by atoms with Crippen molar-refractivity contribution in [2.24, 2.45) is 0 Å². The summed E-state index contributed by atoms with van der Waals surface area (Å²) in [6.45, 7) is 5.49. The first-order chi connectivity index (χ1) is 16.3. The second-order valence-corrected chi connectivity index (χ2v) is 8.57. The molecule has 8 nitrogen and oxygen atoms in total. The zero-order valence-electron chi connectivity index (χ0n) is 18.5. The van der Waals surface area contributed by atoms with Gasteiger partial charge in [-0.2, -0.15) is 0 Å². The molecule has 0 amide bonds. The number of anilines is 1. The first kappa shape index (κ1) is 23.9. The van der Waals surface area contributed by atoms with E-state index in [-0.39, 0.29) is 11.9 Å². The maximum absolute atomic E-state index is 9.64. The molecule has 3 aromatic rings. The largest absolute Gasteiger partial charge is 0.508 e. The standard InChI is InChI=1S/C24H30N2O6S/c27-20-5-6-22-23(15-20)33-24(26-22)18-1-3-19(4-2-18)25-7-8-30-16-21-17-31-12-11-28-9-10-29-13-14-32-21/h1-6,15,21,25,27H,7-14,16-17H2. The quantitative estimate of drug-likeness (QED) is 0.503. The van der Waals surface area contributed by atoms with Crippen LogP contribution in [-0.2, 0) is 23.7 Å². The molecule has 1 aliphatic heterocycles. The fourth-order valence-corrected chi connectivity index (χ4v) is 4.33. The third-order valence-electron chi connectivity index (χ3n) is 5.01. The number of ether oxygens (including phenoxy) is 5. The lowest BCUT2D eigenvalue weighted by Crippen LogP contribution is -2.29. The molecule has 9 heteroatoms. The molecule has 0 saturated carbocycles. The molecule has 0 bridgehead atoms. The van der Waals surface area contributed by atoms with Crippen molar-refractivity contribution in [1.82, 2.24) is 4.98 Å². The fourth-order valence-electron chi connectivity index (χ4n) is 3.32. The van der Waals surface area contributed by atoms with Crippen LogP contribution in [0.5, 0.6) is 5.75 Å². The minimum Gasteiger partial charge on any atom is -0.508 e. The molecule has 4 rings (SSSR count). The monoisotopic (exact) mass is 474 g/mol. The average Bonchev–Trinajstić information content (AvgIpc) is 3.24. The molecule has 1 aliphatic rings. The number of phenols is 1. The first-order valence-electron chi connectivity index (χ1n) is 11.1. The highest BCUT2D eigenvalue weighted by Crippen LogP contribution is 2.32. The van der Waals surface area contributed by atoms with E-state index in [1.54, 1.807) is 23.5 Å². The molecule has 0 spiro atoms. The summed E-state index contributed by atoms with van der Waals surface area (Å²) in [5.74, 6) is 0.258. The Labute approximate surface area is 197 Å². The van der Waals surface area contributed by atoms with Crippen LogP contribution in [0.2, 0.25) is 0 Å². The van der Waals surface area contributed by atoms with Gasteiger partial charge in [0.15, 0.2) is 0 Å². The van der Waals surface area contributed by atoms with Gasteiger partial charge in [-0.25, -0.2) is 4.98 Å². The van der Waals surface area contributed by atoms with Crippen LogP contribution < -0.4 is 5.32 Å². The van der Waals surface area contributed by atoms with Gasteiger partial charge in [0.2, 0.25) is 0 Å². The maximum Gasteiger partial charge on any atom is 0.124 e. The summed E-state index contributed by atoms with van der Waals surface area (Å²) in [5, 5.41) is 13.9. The van der Waals surface area contributed by atoms with Crippen LogP contribution in [0.4, 0.5) is 5.69 Å². The van der Waals surface area contributed by atoms with Crippen molar-refractivity contribution < 1.29 is 28.8 Å². The predicted molar refractivity (Wildman–Crippen MR) is 128 cm³/mol. The number of rotatable bonds is 7. The van der Waals surface area contributed by atoms with Crippen molar-refractivity contribution >= 4 is 27.2 Å². The number of thiazole rings is 1. The number of phenolic OH excluding ortho intramolecular Hbond substituents is 1. The molecule has 2 N–H and O–H groups in total. The van der Waals surface area contributed by atoms with Gasteiger partial charge in [0.1, 0.15) is 16.9 Å². The van der Waals surface area contributed by atoms with Gasteiger partial charge in [-0.1, -0.05) is 0 Å². The minimum atomic E-state index is -0.122. The summed E-state index contributed by atoms with van der Waals surface area (Å²) >= 11 is 1.57. The van der Waals surface area contributed by atoms with Crippen LogP contribution in [0.15, 0.2) is 42.5 Å². The Kier molecular flexibility index (Phi) is 9.28. The van der Waals surface area contributed by atoms with Crippen molar-refractivity contribution in [2.75, 3.05) is 71.3 Å². The van der Waals surface area contributed by atoms with Crippen molar-refractivity contribution in [3.8, 4) is 16.3 Å². The normalized spacial score (nSPS) is 18.5. The molecule has 1 saturated heterocycles. The molecular formula is C24H30N2O6S. The number of nitrogens with zero attached hydrogens (tertiary/aromatic N) is 1. The SMILES string of the molecule is Oc1ccc2nc(-c3ccc(NCCOCC4COCCOCCOCCO4)cc3)sc2c1. The van der Waals surface area contributed by atoms with E-state index in [2.05, 4.69) is 10.3 Å². The Morgan fingerprint density at radius 1 is 0.970 bits per heavy atom. The van der Waals surface area contributed by atoms with Crippen LogP contribution in [-0.4, -0.2) is 82.2 Å². The highest BCUT2D eigenvalue weighted by molar-refractivity contribution is 7.21. The Morgan fingerprint density at radius 3 is 2.55 bits per heavy atom. The lowest BCUT2D eigenvalue weighted by Gasteiger charge is -2.19. The number of benzene rings is 2. The molecule has 0 radical (unpaired) electrons. The summed E-state index contributed by atoms with van der Waals surface area (Å²) in [7, 11) is 0. The minimum absolute atomic E-state index is 0.122. The van der Waals surface area contributed by atoms with Gasteiger partial charge in [-0.05, 0) is 42.5 Å². The Bertz CT molecular complexity index is 969. The van der Waals surface area contributed by atoms with E-state index >= 15 is 0 Å². The van der Waals surface area contributed by atoms with Gasteiger partial charge in [-0.3, -0.25) is 0 Å². The van der Waals surface area contributed by atoms with E-state index in [9.17, 15) is 5.11 Å². The van der Waals surface area contributed by atoms with Crippen LogP contribution >= 0.6 is 11.3 Å². The molecule has 1 atom stereocenters. The third kappa shape index (κ3) is 7.63. The van der Waals surface area contributed by atoms with E-state index in [0.717, 1.165) is 26.5 Å². The highest BCUT2D eigenvalue weighted by atomic mass is 32.1. The number of aromatic hydroxyl groups is 1. The van der Waals surface area contributed by atoms with Gasteiger partial charge in [0.05, 0.1) is 69.7 Å². The highest BCUT2D eigenvalue weighted by Gasteiger charge is 2.11. The molecule has 1 aromatic heterocycles. The summed E-state index contributed by atoms with van der Waals surface area (Å²) < 4.78 is 29.0. The van der Waals surface area contributed by atoms with Crippen LogP contribution in [0.1, 0.15) is 0 Å². The maximum atomic E-state index is 9.64. The van der Waals surface area contributed by atoms with Crippen molar-refractivity contribution in [1.29, 1.82) is 0 Å². The molecule has 2 aromatic carbocycles. The van der Waals surface area contributed by atoms with Gasteiger partial charge in [0.25, 0.3) is 0 Å². The number of nitrogens with one attached hydrogen (secondary N) is 1. The van der Waals surface area contributed by atoms with E-state index in [4.69, 9.17) is 23.7 Å². The van der Waals surface area contributed by atoms with Gasteiger partial charge in [0, 0.05) is 17.8 Å². The Hall–Kier alpha value is -2.27. The number of hydrogen-bond donors (Lipinski definition) is 2. The zero-order chi connectivity index (χ0) is 22.7. The second-order valence-electron chi connectivity index (χ2n) is 7.54. The fraction of sp³-hybridized carbons (Fsp3) is 0.458. The molecule has 1 fully saturated rings. The van der Waals surface area contributed by atoms with Crippen LogP contribution in [0.25, 0.3) is 20.8 Å². The van der Waals surface area contributed by atoms with Gasteiger partial charge in [-0.15, -0.1) is 11.3 Å². The van der Waals surface area contributed by atoms with Crippen LogP contribution in [0, 0.1) is 0 Å².